The SMILES string of the molecule is COC(=O)c1cc(N)cnc1N(Cc1ccsc1)C1CC1. The molecule has 0 spiro atoms. The smallest absolute Gasteiger partial charge is 0.341 e. The van der Waals surface area contributed by atoms with Crippen molar-refractivity contribution in [1.82, 2.24) is 4.98 Å². The maximum atomic E-state index is 12.0. The number of hydrogen-bond acceptors (Lipinski definition) is 6. The molecule has 5 nitrogen and oxygen atoms in total. The molecule has 0 amide bonds. The number of anilines is 2. The van der Waals surface area contributed by atoms with Gasteiger partial charge in [-0.3, -0.25) is 0 Å². The van der Waals surface area contributed by atoms with E-state index in [-0.39, 0.29) is 0 Å². The first-order valence-corrected chi connectivity index (χ1v) is 7.75. The number of ether oxygens (including phenoxy) is 1. The van der Waals surface area contributed by atoms with E-state index in [9.17, 15) is 4.79 Å². The topological polar surface area (TPSA) is 68.5 Å². The highest BCUT2D eigenvalue weighted by molar-refractivity contribution is 7.07. The fourth-order valence-electron chi connectivity index (χ4n) is 2.31. The number of carbonyl (C=O) groups excluding carboxylic acids is 1. The molecule has 2 heterocycles. The molecule has 1 aliphatic carbocycles. The quantitative estimate of drug-likeness (QED) is 0.860. The zero-order valence-electron chi connectivity index (χ0n) is 11.8. The van der Waals surface area contributed by atoms with Gasteiger partial charge in [-0.2, -0.15) is 11.3 Å². The number of rotatable bonds is 5. The maximum absolute atomic E-state index is 12.0. The van der Waals surface area contributed by atoms with E-state index >= 15 is 0 Å². The minimum absolute atomic E-state index is 0.402. The van der Waals surface area contributed by atoms with Crippen LogP contribution in [0.3, 0.4) is 0 Å². The highest BCUT2D eigenvalue weighted by Crippen LogP contribution is 2.34. The zero-order chi connectivity index (χ0) is 14.8. The third-order valence-electron chi connectivity index (χ3n) is 3.49. The van der Waals surface area contributed by atoms with Crippen LogP contribution in [0.1, 0.15) is 28.8 Å². The summed E-state index contributed by atoms with van der Waals surface area (Å²) in [4.78, 5) is 18.6. The Morgan fingerprint density at radius 3 is 3.00 bits per heavy atom. The van der Waals surface area contributed by atoms with Crippen molar-refractivity contribution >= 4 is 28.8 Å². The molecular weight excluding hydrogens is 286 g/mol. The first kappa shape index (κ1) is 13.9. The van der Waals surface area contributed by atoms with E-state index in [4.69, 9.17) is 10.5 Å². The van der Waals surface area contributed by atoms with Gasteiger partial charge in [0.2, 0.25) is 0 Å². The van der Waals surface area contributed by atoms with Crippen LogP contribution >= 0.6 is 11.3 Å². The summed E-state index contributed by atoms with van der Waals surface area (Å²) >= 11 is 1.67. The molecule has 0 radical (unpaired) electrons. The van der Waals surface area contributed by atoms with Gasteiger partial charge in [0.05, 0.1) is 19.0 Å². The molecule has 2 aromatic rings. The lowest BCUT2D eigenvalue weighted by molar-refractivity contribution is 0.0601. The standard InChI is InChI=1S/C15H17N3O2S/c1-20-15(19)13-6-11(16)7-17-14(13)18(12-2-3-12)8-10-4-5-21-9-10/h4-7,9,12H,2-3,8,16H2,1H3. The van der Waals surface area contributed by atoms with Gasteiger partial charge in [-0.25, -0.2) is 9.78 Å². The van der Waals surface area contributed by atoms with Crippen molar-refractivity contribution in [2.24, 2.45) is 0 Å². The molecule has 1 saturated carbocycles. The molecule has 0 saturated heterocycles. The molecule has 21 heavy (non-hydrogen) atoms. The van der Waals surface area contributed by atoms with Crippen LogP contribution in [0.2, 0.25) is 0 Å². The van der Waals surface area contributed by atoms with E-state index in [1.165, 1.54) is 12.7 Å². The van der Waals surface area contributed by atoms with Crippen LogP contribution in [0.5, 0.6) is 0 Å². The van der Waals surface area contributed by atoms with E-state index in [0.717, 1.165) is 19.4 Å². The van der Waals surface area contributed by atoms with Crippen LogP contribution in [-0.4, -0.2) is 24.1 Å². The summed E-state index contributed by atoms with van der Waals surface area (Å²) in [6.07, 6.45) is 3.83. The van der Waals surface area contributed by atoms with Crippen LogP contribution in [0.15, 0.2) is 29.1 Å². The number of nitrogens with zero attached hydrogens (tertiary/aromatic N) is 2. The van der Waals surface area contributed by atoms with E-state index in [1.54, 1.807) is 23.6 Å². The van der Waals surface area contributed by atoms with Gasteiger partial charge in [0.1, 0.15) is 11.4 Å². The van der Waals surface area contributed by atoms with Crippen molar-refractivity contribution in [2.75, 3.05) is 17.7 Å². The number of pyridine rings is 1. The molecule has 2 aromatic heterocycles. The van der Waals surface area contributed by atoms with E-state index < -0.39 is 5.97 Å². The minimum atomic E-state index is -0.402. The normalized spacial score (nSPS) is 14.0. The van der Waals surface area contributed by atoms with Gasteiger partial charge in [-0.1, -0.05) is 0 Å². The van der Waals surface area contributed by atoms with Gasteiger partial charge in [-0.05, 0) is 41.3 Å². The Kier molecular flexibility index (Phi) is 3.79. The van der Waals surface area contributed by atoms with Gasteiger partial charge in [0.15, 0.2) is 0 Å². The Bertz CT molecular complexity index is 638. The summed E-state index contributed by atoms with van der Waals surface area (Å²) in [6, 6.07) is 4.16. The van der Waals surface area contributed by atoms with E-state index in [1.807, 2.05) is 0 Å². The van der Waals surface area contributed by atoms with Crippen molar-refractivity contribution in [2.45, 2.75) is 25.4 Å². The Balaban J connectivity index is 1.97. The second-order valence-electron chi connectivity index (χ2n) is 5.12. The van der Waals surface area contributed by atoms with Gasteiger partial charge in [0, 0.05) is 12.6 Å². The summed E-state index contributed by atoms with van der Waals surface area (Å²) < 4.78 is 4.86. The summed E-state index contributed by atoms with van der Waals surface area (Å²) in [5, 5.41) is 4.17. The van der Waals surface area contributed by atoms with Crippen molar-refractivity contribution in [1.29, 1.82) is 0 Å². The number of nitrogens with two attached hydrogens (primary N) is 1. The number of hydrogen-bond donors (Lipinski definition) is 1. The number of methoxy groups -OCH3 is 1. The maximum Gasteiger partial charge on any atom is 0.341 e. The number of carbonyl (C=O) groups is 1. The molecule has 0 atom stereocenters. The number of esters is 1. The monoisotopic (exact) mass is 303 g/mol. The number of thiophene rings is 1. The molecule has 3 rings (SSSR count). The Labute approximate surface area is 127 Å². The van der Waals surface area contributed by atoms with Crippen molar-refractivity contribution in [3.05, 3.63) is 40.2 Å². The van der Waals surface area contributed by atoms with Gasteiger partial charge < -0.3 is 15.4 Å². The Morgan fingerprint density at radius 1 is 1.57 bits per heavy atom. The Morgan fingerprint density at radius 2 is 2.38 bits per heavy atom. The van der Waals surface area contributed by atoms with Crippen LogP contribution < -0.4 is 10.6 Å². The summed E-state index contributed by atoms with van der Waals surface area (Å²) in [5.41, 5.74) is 7.88. The van der Waals surface area contributed by atoms with Crippen LogP contribution in [-0.2, 0) is 11.3 Å². The average molecular weight is 303 g/mol. The molecule has 1 aliphatic rings. The molecule has 1 fully saturated rings. The summed E-state index contributed by atoms with van der Waals surface area (Å²) in [5.74, 6) is 0.255. The van der Waals surface area contributed by atoms with Crippen LogP contribution in [0.25, 0.3) is 0 Å². The molecular formula is C15H17N3O2S. The molecule has 110 valence electrons. The summed E-state index contributed by atoms with van der Waals surface area (Å²) in [6.45, 7) is 0.745. The molecule has 6 heteroatoms. The van der Waals surface area contributed by atoms with E-state index in [0.29, 0.717) is 23.1 Å². The second-order valence-corrected chi connectivity index (χ2v) is 5.90. The third-order valence-corrected chi connectivity index (χ3v) is 4.22. The first-order chi connectivity index (χ1) is 10.2. The second kappa shape index (κ2) is 5.73. The zero-order valence-corrected chi connectivity index (χ0v) is 12.6. The van der Waals surface area contributed by atoms with Crippen molar-refractivity contribution in [3.8, 4) is 0 Å². The molecule has 2 N–H and O–H groups in total. The van der Waals surface area contributed by atoms with Gasteiger partial charge in [-0.15, -0.1) is 0 Å². The Hall–Kier alpha value is -2.08. The largest absolute Gasteiger partial charge is 0.465 e. The fourth-order valence-corrected chi connectivity index (χ4v) is 2.97. The predicted octanol–water partition coefficient (Wildman–Crippen LogP) is 2.68. The highest BCUT2D eigenvalue weighted by atomic mass is 32.1. The summed E-state index contributed by atoms with van der Waals surface area (Å²) in [7, 11) is 1.37. The lowest BCUT2D eigenvalue weighted by Gasteiger charge is -2.25. The van der Waals surface area contributed by atoms with Crippen LogP contribution in [0, 0.1) is 0 Å². The number of aromatic nitrogens is 1. The van der Waals surface area contributed by atoms with Crippen molar-refractivity contribution in [3.63, 3.8) is 0 Å². The molecule has 0 aromatic carbocycles. The van der Waals surface area contributed by atoms with Crippen LogP contribution in [0.4, 0.5) is 11.5 Å². The lowest BCUT2D eigenvalue weighted by Crippen LogP contribution is -2.28. The fraction of sp³-hybridized carbons (Fsp3) is 0.333. The lowest BCUT2D eigenvalue weighted by atomic mass is 10.2. The predicted molar refractivity (Wildman–Crippen MR) is 83.5 cm³/mol. The molecule has 0 unspecified atom stereocenters. The minimum Gasteiger partial charge on any atom is -0.465 e. The van der Waals surface area contributed by atoms with E-state index in [2.05, 4.69) is 26.7 Å². The first-order valence-electron chi connectivity index (χ1n) is 6.80. The molecule has 0 aliphatic heterocycles. The molecule has 0 bridgehead atoms. The van der Waals surface area contributed by atoms with Crippen molar-refractivity contribution < 1.29 is 9.53 Å². The highest BCUT2D eigenvalue weighted by Gasteiger charge is 2.32. The van der Waals surface area contributed by atoms with Gasteiger partial charge in [0.25, 0.3) is 0 Å². The number of nitrogen functional groups attached to an aromatic ring is 1. The van der Waals surface area contributed by atoms with Gasteiger partial charge >= 0.3 is 5.97 Å². The average Bonchev–Trinajstić information content (AvgIpc) is 3.21. The third kappa shape index (κ3) is 3.00.